The summed E-state index contributed by atoms with van der Waals surface area (Å²) < 4.78 is 27.2. The first-order valence-electron chi connectivity index (χ1n) is 2.26. The molecule has 5 heteroatoms. The SMILES string of the molecule is FCC(Cl)OC(Cl)CF. The lowest BCUT2D eigenvalue weighted by Gasteiger charge is -2.08. The first-order valence-corrected chi connectivity index (χ1v) is 3.13. The highest BCUT2D eigenvalue weighted by Crippen LogP contribution is 2.07. The van der Waals surface area contributed by atoms with Gasteiger partial charge >= 0.3 is 0 Å². The molecule has 0 aromatic carbocycles. The van der Waals surface area contributed by atoms with Crippen molar-refractivity contribution >= 4 is 23.2 Å². The van der Waals surface area contributed by atoms with Crippen molar-refractivity contribution in [3.63, 3.8) is 0 Å². The van der Waals surface area contributed by atoms with Gasteiger partial charge in [-0.1, -0.05) is 23.2 Å². The minimum atomic E-state index is -1.14. The average molecular weight is 179 g/mol. The third-order valence-electron chi connectivity index (χ3n) is 0.538. The maximum atomic E-state index is 11.4. The zero-order valence-electron chi connectivity index (χ0n) is 4.49. The van der Waals surface area contributed by atoms with E-state index in [0.29, 0.717) is 0 Å². The summed E-state index contributed by atoms with van der Waals surface area (Å²) in [5, 5.41) is 0. The predicted octanol–water partition coefficient (Wildman–Crippen LogP) is 2.07. The molecule has 0 spiro atoms. The van der Waals surface area contributed by atoms with E-state index in [2.05, 4.69) is 4.74 Å². The molecular formula is C4H6Cl2F2O. The van der Waals surface area contributed by atoms with E-state index in [1.807, 2.05) is 0 Å². The van der Waals surface area contributed by atoms with E-state index in [9.17, 15) is 8.78 Å². The highest BCUT2D eigenvalue weighted by atomic mass is 35.5. The number of rotatable bonds is 4. The van der Waals surface area contributed by atoms with Gasteiger partial charge in [-0.25, -0.2) is 8.78 Å². The van der Waals surface area contributed by atoms with Crippen molar-refractivity contribution in [1.82, 2.24) is 0 Å². The Morgan fingerprint density at radius 2 is 1.44 bits per heavy atom. The second-order valence-corrected chi connectivity index (χ2v) is 2.24. The molecule has 0 N–H and O–H groups in total. The number of alkyl halides is 4. The molecule has 9 heavy (non-hydrogen) atoms. The molecule has 0 aromatic heterocycles. The fraction of sp³-hybridized carbons (Fsp3) is 1.00. The monoisotopic (exact) mass is 178 g/mol. The van der Waals surface area contributed by atoms with Crippen LogP contribution in [0, 0.1) is 0 Å². The molecule has 0 bridgehead atoms. The summed E-state index contributed by atoms with van der Waals surface area (Å²) in [7, 11) is 0. The Morgan fingerprint density at radius 1 is 1.11 bits per heavy atom. The van der Waals surface area contributed by atoms with Crippen molar-refractivity contribution < 1.29 is 13.5 Å². The fourth-order valence-electron chi connectivity index (χ4n) is 0.233. The lowest BCUT2D eigenvalue weighted by Crippen LogP contribution is -2.15. The molecule has 0 aliphatic heterocycles. The van der Waals surface area contributed by atoms with Gasteiger partial charge in [0.2, 0.25) is 0 Å². The molecule has 0 saturated heterocycles. The van der Waals surface area contributed by atoms with Crippen LogP contribution in [0.5, 0.6) is 0 Å². The zero-order valence-corrected chi connectivity index (χ0v) is 6.00. The second kappa shape index (κ2) is 5.21. The van der Waals surface area contributed by atoms with Crippen LogP contribution in [0.3, 0.4) is 0 Å². The maximum absolute atomic E-state index is 11.4. The summed E-state index contributed by atoms with van der Waals surface area (Å²) in [6, 6.07) is 0. The molecule has 1 nitrogen and oxygen atoms in total. The largest absolute Gasteiger partial charge is 0.338 e. The summed E-state index contributed by atoms with van der Waals surface area (Å²) >= 11 is 10.2. The van der Waals surface area contributed by atoms with Crippen molar-refractivity contribution in [2.24, 2.45) is 0 Å². The van der Waals surface area contributed by atoms with Gasteiger partial charge < -0.3 is 4.74 Å². The van der Waals surface area contributed by atoms with Crippen molar-refractivity contribution in [2.75, 3.05) is 13.3 Å². The third-order valence-corrected chi connectivity index (χ3v) is 0.977. The fourth-order valence-corrected chi connectivity index (χ4v) is 0.534. The van der Waals surface area contributed by atoms with Crippen LogP contribution in [0.2, 0.25) is 0 Å². The van der Waals surface area contributed by atoms with Crippen LogP contribution >= 0.6 is 23.2 Å². The minimum absolute atomic E-state index is 0.870. The molecule has 0 aliphatic carbocycles. The normalized spacial score (nSPS) is 17.3. The van der Waals surface area contributed by atoms with Crippen LogP contribution in [-0.2, 0) is 4.74 Å². The number of hydrogen-bond acceptors (Lipinski definition) is 1. The number of hydrogen-bond donors (Lipinski definition) is 0. The Labute approximate surface area is 61.9 Å². The topological polar surface area (TPSA) is 9.23 Å². The van der Waals surface area contributed by atoms with Gasteiger partial charge in [0.25, 0.3) is 0 Å². The van der Waals surface area contributed by atoms with Crippen LogP contribution in [0.4, 0.5) is 8.78 Å². The summed E-state index contributed by atoms with van der Waals surface area (Å²) in [5.41, 5.74) is -2.27. The van der Waals surface area contributed by atoms with E-state index in [4.69, 9.17) is 23.2 Å². The van der Waals surface area contributed by atoms with Gasteiger partial charge in [0.05, 0.1) is 0 Å². The number of ether oxygens (including phenoxy) is 1. The van der Waals surface area contributed by atoms with Crippen LogP contribution in [0.1, 0.15) is 0 Å². The van der Waals surface area contributed by atoms with Crippen molar-refractivity contribution in [3.8, 4) is 0 Å². The Morgan fingerprint density at radius 3 is 1.67 bits per heavy atom. The predicted molar refractivity (Wildman–Crippen MR) is 32.3 cm³/mol. The van der Waals surface area contributed by atoms with Gasteiger partial charge in [-0.3, -0.25) is 0 Å². The van der Waals surface area contributed by atoms with E-state index < -0.39 is 24.5 Å². The van der Waals surface area contributed by atoms with Crippen molar-refractivity contribution in [2.45, 2.75) is 11.1 Å². The molecule has 0 fully saturated rings. The Kier molecular flexibility index (Phi) is 5.44. The van der Waals surface area contributed by atoms with Gasteiger partial charge in [-0.2, -0.15) is 0 Å². The minimum Gasteiger partial charge on any atom is -0.338 e. The molecule has 0 saturated carbocycles. The summed E-state index contributed by atoms with van der Waals surface area (Å²) in [6.07, 6.45) is 0. The first-order chi connectivity index (χ1) is 4.20. The maximum Gasteiger partial charge on any atom is 0.161 e. The van der Waals surface area contributed by atoms with E-state index in [1.54, 1.807) is 0 Å². The van der Waals surface area contributed by atoms with E-state index in [0.717, 1.165) is 0 Å². The summed E-state index contributed by atoms with van der Waals surface area (Å²) in [5.74, 6) is 0. The molecular weight excluding hydrogens is 173 g/mol. The highest BCUT2D eigenvalue weighted by Gasteiger charge is 2.10. The molecule has 56 valence electrons. The smallest absolute Gasteiger partial charge is 0.161 e. The highest BCUT2D eigenvalue weighted by molar-refractivity contribution is 6.21. The standard InChI is InChI=1S/C4H6Cl2F2O/c5-3(1-7)9-4(6)2-8/h3-4H,1-2H2. The quantitative estimate of drug-likeness (QED) is 0.600. The zero-order chi connectivity index (χ0) is 7.28. The lowest BCUT2D eigenvalue weighted by molar-refractivity contribution is 0.0528. The second-order valence-electron chi connectivity index (χ2n) is 1.26. The Hall–Kier alpha value is 0.400. The van der Waals surface area contributed by atoms with Crippen molar-refractivity contribution in [3.05, 3.63) is 0 Å². The Bertz CT molecular complexity index is 65.6. The molecule has 0 amide bonds. The summed E-state index contributed by atoms with van der Waals surface area (Å²) in [6.45, 7) is -1.74. The van der Waals surface area contributed by atoms with E-state index in [1.165, 1.54) is 0 Å². The molecule has 0 rings (SSSR count). The van der Waals surface area contributed by atoms with Gasteiger partial charge in [-0.15, -0.1) is 0 Å². The van der Waals surface area contributed by atoms with Crippen molar-refractivity contribution in [1.29, 1.82) is 0 Å². The third kappa shape index (κ3) is 4.88. The number of halogens is 4. The molecule has 0 aliphatic rings. The van der Waals surface area contributed by atoms with Crippen LogP contribution in [0.15, 0.2) is 0 Å². The lowest BCUT2D eigenvalue weighted by atomic mass is 10.7. The first kappa shape index (κ1) is 9.40. The molecule has 0 heterocycles. The van der Waals surface area contributed by atoms with Crippen LogP contribution in [0.25, 0.3) is 0 Å². The Balaban J connectivity index is 3.22. The van der Waals surface area contributed by atoms with E-state index >= 15 is 0 Å². The van der Waals surface area contributed by atoms with Gasteiger partial charge in [0.15, 0.2) is 11.1 Å². The van der Waals surface area contributed by atoms with Gasteiger partial charge in [-0.05, 0) is 0 Å². The average Bonchev–Trinajstić information content (AvgIpc) is 1.87. The van der Waals surface area contributed by atoms with E-state index in [-0.39, 0.29) is 0 Å². The molecule has 2 unspecified atom stereocenters. The van der Waals surface area contributed by atoms with Crippen LogP contribution in [-0.4, -0.2) is 24.5 Å². The van der Waals surface area contributed by atoms with Gasteiger partial charge in [0.1, 0.15) is 13.3 Å². The van der Waals surface area contributed by atoms with Gasteiger partial charge in [0, 0.05) is 0 Å². The summed E-state index contributed by atoms with van der Waals surface area (Å²) in [4.78, 5) is 0. The molecule has 2 atom stereocenters. The molecule has 0 radical (unpaired) electrons. The van der Waals surface area contributed by atoms with Crippen LogP contribution < -0.4 is 0 Å². The molecule has 0 aromatic rings.